The van der Waals surface area contributed by atoms with Crippen molar-refractivity contribution in [1.29, 1.82) is 0 Å². The van der Waals surface area contributed by atoms with Crippen LogP contribution >= 0.6 is 23.2 Å². The molecule has 2 rings (SSSR count). The molecule has 0 heterocycles. The topological polar surface area (TPSA) is 38.5 Å². The Kier molecular flexibility index (Phi) is 6.33. The van der Waals surface area contributed by atoms with Crippen LogP contribution in [0, 0.1) is 5.92 Å². The van der Waals surface area contributed by atoms with Crippen LogP contribution in [0.3, 0.4) is 0 Å². The molecule has 21 heavy (non-hydrogen) atoms. The molecule has 0 saturated heterocycles. The zero-order chi connectivity index (χ0) is 15.4. The fraction of sp³-hybridized carbons (Fsp3) is 0.625. The fourth-order valence-electron chi connectivity index (χ4n) is 2.92. The van der Waals surface area contributed by atoms with Crippen LogP contribution in [-0.4, -0.2) is 37.7 Å². The van der Waals surface area contributed by atoms with E-state index in [1.54, 1.807) is 13.2 Å². The monoisotopic (exact) mass is 330 g/mol. The molecule has 0 aliphatic heterocycles. The van der Waals surface area contributed by atoms with E-state index >= 15 is 0 Å². The van der Waals surface area contributed by atoms with E-state index in [9.17, 15) is 0 Å². The lowest BCUT2D eigenvalue weighted by atomic mass is 10.0. The Hall–Kier alpha value is -0.320. The van der Waals surface area contributed by atoms with Gasteiger partial charge >= 0.3 is 0 Å². The average Bonchev–Trinajstić information content (AvgIpc) is 3.26. The first-order valence-electron chi connectivity index (χ1n) is 7.47. The second-order valence-electron chi connectivity index (χ2n) is 5.76. The zero-order valence-corrected chi connectivity index (χ0v) is 14.2. The van der Waals surface area contributed by atoms with E-state index in [4.69, 9.17) is 33.7 Å². The number of hydrogen-bond acceptors (Lipinski definition) is 3. The quantitative estimate of drug-likeness (QED) is 0.789. The Labute approximate surface area is 137 Å². The van der Waals surface area contributed by atoms with E-state index in [1.165, 1.54) is 12.8 Å². The van der Waals surface area contributed by atoms with Crippen LogP contribution in [0.4, 0.5) is 0 Å². The van der Waals surface area contributed by atoms with Crippen molar-refractivity contribution in [2.24, 2.45) is 11.7 Å². The van der Waals surface area contributed by atoms with Crippen LogP contribution in [0.5, 0.6) is 0 Å². The summed E-state index contributed by atoms with van der Waals surface area (Å²) >= 11 is 12.3. The molecular weight excluding hydrogens is 307 g/mol. The van der Waals surface area contributed by atoms with Gasteiger partial charge in [0.2, 0.25) is 0 Å². The number of nitrogens with two attached hydrogens (primary N) is 1. The Bertz CT molecular complexity index is 445. The van der Waals surface area contributed by atoms with Gasteiger partial charge in [-0.1, -0.05) is 23.2 Å². The SMILES string of the molecule is COCCN(C(CN)c1cc(Cl)cc(Cl)c1)C(C)C1CC1. The zero-order valence-electron chi connectivity index (χ0n) is 12.7. The molecule has 2 atom stereocenters. The van der Waals surface area contributed by atoms with Gasteiger partial charge in [0, 0.05) is 42.3 Å². The molecule has 118 valence electrons. The third-order valence-electron chi connectivity index (χ3n) is 4.27. The third-order valence-corrected chi connectivity index (χ3v) is 4.71. The first-order chi connectivity index (χ1) is 10.1. The van der Waals surface area contributed by atoms with E-state index in [1.807, 2.05) is 12.1 Å². The van der Waals surface area contributed by atoms with E-state index in [0.29, 0.717) is 29.2 Å². The highest BCUT2D eigenvalue weighted by Crippen LogP contribution is 2.38. The normalized spacial score (nSPS) is 18.0. The summed E-state index contributed by atoms with van der Waals surface area (Å²) in [5, 5.41) is 1.31. The highest BCUT2D eigenvalue weighted by molar-refractivity contribution is 6.34. The molecule has 2 N–H and O–H groups in total. The molecule has 0 spiro atoms. The molecule has 0 aromatic heterocycles. The third kappa shape index (κ3) is 4.57. The molecule has 0 radical (unpaired) electrons. The van der Waals surface area contributed by atoms with Crippen LogP contribution in [0.1, 0.15) is 31.4 Å². The minimum Gasteiger partial charge on any atom is -0.383 e. The van der Waals surface area contributed by atoms with Gasteiger partial charge in [-0.25, -0.2) is 0 Å². The molecule has 1 aliphatic carbocycles. The summed E-state index contributed by atoms with van der Waals surface area (Å²) in [5.74, 6) is 0.769. The van der Waals surface area contributed by atoms with Crippen molar-refractivity contribution < 1.29 is 4.74 Å². The van der Waals surface area contributed by atoms with Crippen molar-refractivity contribution in [3.05, 3.63) is 33.8 Å². The summed E-state index contributed by atoms with van der Waals surface area (Å²) in [6, 6.07) is 6.29. The predicted molar refractivity (Wildman–Crippen MR) is 89.0 cm³/mol. The second-order valence-corrected chi connectivity index (χ2v) is 6.64. The van der Waals surface area contributed by atoms with Gasteiger partial charge in [-0.2, -0.15) is 0 Å². The van der Waals surface area contributed by atoms with E-state index in [0.717, 1.165) is 18.0 Å². The highest BCUT2D eigenvalue weighted by Gasteiger charge is 2.35. The minimum atomic E-state index is 0.118. The van der Waals surface area contributed by atoms with Crippen LogP contribution in [-0.2, 0) is 4.74 Å². The van der Waals surface area contributed by atoms with Crippen molar-refractivity contribution in [3.8, 4) is 0 Å². The van der Waals surface area contributed by atoms with Crippen molar-refractivity contribution in [2.45, 2.75) is 31.8 Å². The maximum atomic E-state index is 6.15. The van der Waals surface area contributed by atoms with Gasteiger partial charge in [-0.15, -0.1) is 0 Å². The number of methoxy groups -OCH3 is 1. The van der Waals surface area contributed by atoms with Gasteiger partial charge in [0.25, 0.3) is 0 Å². The maximum absolute atomic E-state index is 6.15. The number of rotatable bonds is 8. The van der Waals surface area contributed by atoms with Crippen LogP contribution in [0.25, 0.3) is 0 Å². The standard InChI is InChI=1S/C16H24Cl2N2O/c1-11(12-3-4-12)20(5-6-21-2)16(10-19)13-7-14(17)9-15(18)8-13/h7-9,11-12,16H,3-6,10,19H2,1-2H3. The maximum Gasteiger partial charge on any atom is 0.0590 e. The lowest BCUT2D eigenvalue weighted by molar-refractivity contribution is 0.0835. The van der Waals surface area contributed by atoms with Gasteiger partial charge in [0.15, 0.2) is 0 Å². The first kappa shape index (κ1) is 17.0. The molecule has 1 fully saturated rings. The van der Waals surface area contributed by atoms with Crippen molar-refractivity contribution in [1.82, 2.24) is 4.90 Å². The largest absolute Gasteiger partial charge is 0.383 e. The number of benzene rings is 1. The predicted octanol–water partition coefficient (Wildman–Crippen LogP) is 3.74. The first-order valence-corrected chi connectivity index (χ1v) is 8.23. The minimum absolute atomic E-state index is 0.118. The van der Waals surface area contributed by atoms with E-state index < -0.39 is 0 Å². The molecule has 1 saturated carbocycles. The number of hydrogen-bond donors (Lipinski definition) is 1. The van der Waals surface area contributed by atoms with Crippen LogP contribution < -0.4 is 5.73 Å². The summed E-state index contributed by atoms with van der Waals surface area (Å²) in [7, 11) is 1.73. The molecule has 2 unspecified atom stereocenters. The lowest BCUT2D eigenvalue weighted by Crippen LogP contribution is -2.43. The van der Waals surface area contributed by atoms with Crippen LogP contribution in [0.15, 0.2) is 18.2 Å². The summed E-state index contributed by atoms with van der Waals surface area (Å²) in [5.41, 5.74) is 7.15. The number of halogens is 2. The van der Waals surface area contributed by atoms with Gasteiger partial charge < -0.3 is 10.5 Å². The van der Waals surface area contributed by atoms with Crippen molar-refractivity contribution >= 4 is 23.2 Å². The molecule has 1 aromatic rings. The molecular formula is C16H24Cl2N2O. The molecule has 1 aromatic carbocycles. The van der Waals surface area contributed by atoms with Crippen molar-refractivity contribution in [2.75, 3.05) is 26.8 Å². The van der Waals surface area contributed by atoms with Crippen molar-refractivity contribution in [3.63, 3.8) is 0 Å². The summed E-state index contributed by atoms with van der Waals surface area (Å²) in [4.78, 5) is 2.43. The summed E-state index contributed by atoms with van der Waals surface area (Å²) < 4.78 is 5.27. The van der Waals surface area contributed by atoms with Gasteiger partial charge in [0.05, 0.1) is 6.61 Å². The molecule has 5 heteroatoms. The number of ether oxygens (including phenoxy) is 1. The summed E-state index contributed by atoms with van der Waals surface area (Å²) in [6.07, 6.45) is 2.61. The second kappa shape index (κ2) is 7.80. The molecule has 0 bridgehead atoms. The Morgan fingerprint density at radius 1 is 1.29 bits per heavy atom. The summed E-state index contributed by atoms with van der Waals surface area (Å²) in [6.45, 7) is 4.38. The Morgan fingerprint density at radius 2 is 1.90 bits per heavy atom. The van der Waals surface area contributed by atoms with Gasteiger partial charge in [0.1, 0.15) is 0 Å². The number of nitrogens with zero attached hydrogens (tertiary/aromatic N) is 1. The van der Waals surface area contributed by atoms with Crippen LogP contribution in [0.2, 0.25) is 10.0 Å². The molecule has 0 amide bonds. The van der Waals surface area contributed by atoms with E-state index in [-0.39, 0.29) is 6.04 Å². The lowest BCUT2D eigenvalue weighted by Gasteiger charge is -2.36. The Morgan fingerprint density at radius 3 is 2.38 bits per heavy atom. The van der Waals surface area contributed by atoms with Gasteiger partial charge in [-0.05, 0) is 49.4 Å². The van der Waals surface area contributed by atoms with E-state index in [2.05, 4.69) is 11.8 Å². The average molecular weight is 331 g/mol. The van der Waals surface area contributed by atoms with Gasteiger partial charge in [-0.3, -0.25) is 4.90 Å². The molecule has 3 nitrogen and oxygen atoms in total. The fourth-order valence-corrected chi connectivity index (χ4v) is 3.46. The highest BCUT2D eigenvalue weighted by atomic mass is 35.5. The Balaban J connectivity index is 2.24. The smallest absolute Gasteiger partial charge is 0.0590 e. The molecule has 1 aliphatic rings.